The number of amides is 1. The van der Waals surface area contributed by atoms with Crippen LogP contribution in [-0.2, 0) is 16.4 Å². The van der Waals surface area contributed by atoms with E-state index >= 15 is 0 Å². The zero-order chi connectivity index (χ0) is 43.2. The number of piperazine rings is 2. The van der Waals surface area contributed by atoms with Gasteiger partial charge in [-0.1, -0.05) is 73.1 Å². The number of carbonyl (C=O) groups is 1. The molecule has 2 fully saturated rings. The number of nitrogens with one attached hydrogen (secondary N) is 3. The number of thioether (sulfide) groups is 1. The van der Waals surface area contributed by atoms with Crippen LogP contribution in [0.2, 0.25) is 5.02 Å². The molecule has 61 heavy (non-hydrogen) atoms. The number of rotatable bonds is 14. The van der Waals surface area contributed by atoms with Gasteiger partial charge in [-0.2, -0.15) is 13.2 Å². The van der Waals surface area contributed by atoms with Gasteiger partial charge in [0.2, 0.25) is 0 Å². The Kier molecular flexibility index (Phi) is 16.9. The van der Waals surface area contributed by atoms with Gasteiger partial charge in [0.05, 0.1) is 5.69 Å². The molecule has 9 nitrogen and oxygen atoms in total. The second-order valence-electron chi connectivity index (χ2n) is 14.4. The number of nitrogens with zero attached hydrogens (tertiary/aromatic N) is 3. The minimum absolute atomic E-state index is 0.135. The van der Waals surface area contributed by atoms with Crippen LogP contribution >= 0.6 is 35.3 Å². The highest BCUT2D eigenvalue weighted by Crippen LogP contribution is 2.37. The van der Waals surface area contributed by atoms with Crippen LogP contribution in [0.25, 0.3) is 11.1 Å². The third-order valence-electron chi connectivity index (χ3n) is 10.3. The lowest BCUT2D eigenvalue weighted by molar-refractivity contribution is -0.0435. The minimum atomic E-state index is -5.67. The molecular formula is C45H50ClF3N6O3S3. The first-order valence-corrected chi connectivity index (χ1v) is 23.8. The molecule has 16 heteroatoms. The highest BCUT2D eigenvalue weighted by atomic mass is 35.5. The number of likely N-dealkylation sites (N-methyl/N-ethyl adjacent to an activating group) is 1. The zero-order valence-electron chi connectivity index (χ0n) is 33.8. The number of carbonyl (C=O) groups excluding carboxylic acids is 1. The number of anilines is 2. The van der Waals surface area contributed by atoms with Crippen molar-refractivity contribution in [1.82, 2.24) is 19.8 Å². The van der Waals surface area contributed by atoms with Crippen molar-refractivity contribution in [3.63, 3.8) is 0 Å². The maximum absolute atomic E-state index is 13.6. The Morgan fingerprint density at radius 1 is 0.787 bits per heavy atom. The van der Waals surface area contributed by atoms with E-state index in [1.54, 1.807) is 12.1 Å². The number of sulfone groups is 1. The van der Waals surface area contributed by atoms with Crippen LogP contribution in [-0.4, -0.2) is 101 Å². The molecule has 2 aliphatic rings. The van der Waals surface area contributed by atoms with Crippen LogP contribution in [0.4, 0.5) is 24.5 Å². The van der Waals surface area contributed by atoms with Crippen molar-refractivity contribution in [2.24, 2.45) is 0 Å². The first kappa shape index (κ1) is 46.3. The molecule has 1 amide bonds. The van der Waals surface area contributed by atoms with E-state index in [2.05, 4.69) is 55.2 Å². The maximum Gasteiger partial charge on any atom is 0.501 e. The van der Waals surface area contributed by atoms with Crippen LogP contribution < -0.4 is 20.3 Å². The Morgan fingerprint density at radius 3 is 2.11 bits per heavy atom. The lowest BCUT2D eigenvalue weighted by Gasteiger charge is -2.36. The molecule has 2 heterocycles. The summed E-state index contributed by atoms with van der Waals surface area (Å²) in [5.74, 6) is 0.0314. The minimum Gasteiger partial charge on any atom is -0.383 e. The molecule has 5 aromatic rings. The van der Waals surface area contributed by atoms with Gasteiger partial charge in [0.15, 0.2) is 0 Å². The van der Waals surface area contributed by atoms with E-state index in [1.165, 1.54) is 67.7 Å². The Balaban J connectivity index is 0.000000698. The van der Waals surface area contributed by atoms with Crippen molar-refractivity contribution in [2.45, 2.75) is 33.7 Å². The fourth-order valence-electron chi connectivity index (χ4n) is 6.92. The number of halogens is 4. The molecule has 0 bridgehead atoms. The van der Waals surface area contributed by atoms with Gasteiger partial charge in [0.25, 0.3) is 15.7 Å². The first-order valence-electron chi connectivity index (χ1n) is 20.1. The van der Waals surface area contributed by atoms with Crippen molar-refractivity contribution in [1.29, 1.82) is 0 Å². The van der Waals surface area contributed by atoms with Crippen LogP contribution in [0.15, 0.2) is 136 Å². The second-order valence-corrected chi connectivity index (χ2v) is 18.8. The third kappa shape index (κ3) is 13.1. The zero-order valence-corrected chi connectivity index (χ0v) is 37.0. The largest absolute Gasteiger partial charge is 0.501 e. The molecule has 0 saturated carbocycles. The van der Waals surface area contributed by atoms with E-state index < -0.39 is 26.1 Å². The van der Waals surface area contributed by atoms with Gasteiger partial charge in [-0.05, 0) is 102 Å². The lowest BCUT2D eigenvalue weighted by Crippen LogP contribution is -2.46. The summed E-state index contributed by atoms with van der Waals surface area (Å²) < 4.78 is 68.5. The first-order chi connectivity index (χ1) is 29.4. The molecule has 7 rings (SSSR count). The quantitative estimate of drug-likeness (QED) is 0.0569. The summed E-state index contributed by atoms with van der Waals surface area (Å²) in [6, 6.07) is 36.5. The van der Waals surface area contributed by atoms with E-state index in [0.717, 1.165) is 66.9 Å². The molecule has 0 unspecified atom stereocenters. The molecule has 2 saturated heterocycles. The maximum atomic E-state index is 13.6. The SMILES string of the molecule is CCN1CCNCC1.O=C(NSc1ccc(NCCSc2ccccc2)c(S(=O)(=O)C(F)(F)F)c1)c1ccc(N2CCN(Cc3ccccc3-c3ccc(Cl)cc3)CC2)cc1. The average Bonchev–Trinajstić information content (AvgIpc) is 3.28. The molecule has 5 aromatic carbocycles. The van der Waals surface area contributed by atoms with Gasteiger partial charge in [-0.25, -0.2) is 8.42 Å². The van der Waals surface area contributed by atoms with E-state index in [1.807, 2.05) is 72.8 Å². The van der Waals surface area contributed by atoms with Crippen LogP contribution in [0, 0.1) is 0 Å². The van der Waals surface area contributed by atoms with Crippen molar-refractivity contribution >= 4 is 62.4 Å². The normalized spacial score (nSPS) is 15.1. The monoisotopic (exact) mass is 910 g/mol. The van der Waals surface area contributed by atoms with Crippen LogP contribution in [0.5, 0.6) is 0 Å². The number of benzene rings is 5. The Labute approximate surface area is 370 Å². The molecule has 3 N–H and O–H groups in total. The Morgan fingerprint density at radius 2 is 1.46 bits per heavy atom. The number of hydrogen-bond acceptors (Lipinski definition) is 10. The molecule has 2 aliphatic heterocycles. The average molecular weight is 912 g/mol. The smallest absolute Gasteiger partial charge is 0.383 e. The van der Waals surface area contributed by atoms with E-state index in [-0.39, 0.29) is 17.1 Å². The Hall–Kier alpha value is -4.22. The second kappa shape index (κ2) is 22.2. The highest BCUT2D eigenvalue weighted by molar-refractivity contribution is 7.99. The predicted molar refractivity (Wildman–Crippen MR) is 244 cm³/mol. The molecule has 324 valence electrons. The number of alkyl halides is 3. The molecule has 0 radical (unpaired) electrons. The highest BCUT2D eigenvalue weighted by Gasteiger charge is 2.48. The number of hydrogen-bond donors (Lipinski definition) is 3. The van der Waals surface area contributed by atoms with Gasteiger partial charge in [-0.3, -0.25) is 14.4 Å². The molecule has 0 aliphatic carbocycles. The summed E-state index contributed by atoms with van der Waals surface area (Å²) in [5, 5.41) is 6.84. The van der Waals surface area contributed by atoms with Gasteiger partial charge < -0.3 is 20.4 Å². The Bertz CT molecular complexity index is 2280. The molecule has 0 aromatic heterocycles. The summed E-state index contributed by atoms with van der Waals surface area (Å²) in [4.78, 5) is 20.4. The predicted octanol–water partition coefficient (Wildman–Crippen LogP) is 9.18. The molecule has 0 atom stereocenters. The van der Waals surface area contributed by atoms with Gasteiger partial charge in [-0.15, -0.1) is 11.8 Å². The fourth-order valence-corrected chi connectivity index (χ4v) is 9.51. The summed E-state index contributed by atoms with van der Waals surface area (Å²) >= 11 is 8.33. The summed E-state index contributed by atoms with van der Waals surface area (Å²) in [5.41, 5.74) is -0.767. The summed E-state index contributed by atoms with van der Waals surface area (Å²) in [6.45, 7) is 12.6. The third-order valence-corrected chi connectivity index (χ3v) is 13.9. The summed E-state index contributed by atoms with van der Waals surface area (Å²) in [6.07, 6.45) is 0. The van der Waals surface area contributed by atoms with Crippen molar-refractivity contribution in [3.05, 3.63) is 137 Å². The van der Waals surface area contributed by atoms with Crippen LogP contribution in [0.1, 0.15) is 22.8 Å². The topological polar surface area (TPSA) is 97.0 Å². The van der Waals surface area contributed by atoms with Crippen molar-refractivity contribution in [2.75, 3.05) is 81.4 Å². The fraction of sp³-hybridized carbons (Fsp3) is 0.311. The molecular weight excluding hydrogens is 861 g/mol. The van der Waals surface area contributed by atoms with E-state index in [4.69, 9.17) is 11.6 Å². The van der Waals surface area contributed by atoms with Crippen LogP contribution in [0.3, 0.4) is 0 Å². The van der Waals surface area contributed by atoms with Crippen molar-refractivity contribution in [3.8, 4) is 11.1 Å². The standard InChI is InChI=1S/C39H36ClF3N4O3S3.C6H14N2/c40-31-14-10-28(11-15-31)35-9-5-4-6-30(35)27-46-21-23-47(24-22-46)32-16-12-29(13-17-32)38(48)45-52-34-18-19-36(37(26-34)53(49,50)39(41,42)43)44-20-25-51-33-7-2-1-3-8-33;1-2-8-5-3-7-4-6-8/h1-19,26,44H,20-25,27H2,(H,45,48);7H,2-6H2,1H3. The van der Waals surface area contributed by atoms with E-state index in [0.29, 0.717) is 16.3 Å². The lowest BCUT2D eigenvalue weighted by atomic mass is 9.99. The van der Waals surface area contributed by atoms with E-state index in [9.17, 15) is 26.4 Å². The molecule has 0 spiro atoms. The van der Waals surface area contributed by atoms with Crippen molar-refractivity contribution < 1.29 is 26.4 Å². The van der Waals surface area contributed by atoms with Gasteiger partial charge in [0.1, 0.15) is 4.90 Å². The van der Waals surface area contributed by atoms with Gasteiger partial charge >= 0.3 is 5.51 Å². The van der Waals surface area contributed by atoms with Gasteiger partial charge in [0, 0.05) is 97.3 Å². The summed E-state index contributed by atoms with van der Waals surface area (Å²) in [7, 11) is -5.67.